The summed E-state index contributed by atoms with van der Waals surface area (Å²) >= 11 is 5.97. The van der Waals surface area contributed by atoms with Crippen LogP contribution in [0.4, 0.5) is 4.79 Å². The summed E-state index contributed by atoms with van der Waals surface area (Å²) in [5, 5.41) is 14.7. The molecule has 1 aromatic rings. The summed E-state index contributed by atoms with van der Waals surface area (Å²) in [6, 6.07) is 4.93. The van der Waals surface area contributed by atoms with Crippen molar-refractivity contribution >= 4 is 23.6 Å². The fourth-order valence-electron chi connectivity index (χ4n) is 2.35. The number of fused-ring (bicyclic) bond motifs is 1. The molecule has 0 aliphatic carbocycles. The number of carboxylic acid groups (broad SMARTS) is 1. The normalized spacial score (nSPS) is 16.9. The molecule has 22 heavy (non-hydrogen) atoms. The van der Waals surface area contributed by atoms with Gasteiger partial charge in [0.1, 0.15) is 5.75 Å². The van der Waals surface area contributed by atoms with Gasteiger partial charge in [-0.05, 0) is 31.4 Å². The van der Waals surface area contributed by atoms with Crippen molar-refractivity contribution in [2.75, 3.05) is 13.2 Å². The van der Waals surface area contributed by atoms with E-state index in [2.05, 4.69) is 10.6 Å². The molecule has 1 aromatic carbocycles. The Morgan fingerprint density at radius 1 is 1.41 bits per heavy atom. The molecule has 1 aliphatic rings. The van der Waals surface area contributed by atoms with Crippen molar-refractivity contribution in [2.24, 2.45) is 0 Å². The molecule has 120 valence electrons. The van der Waals surface area contributed by atoms with Crippen LogP contribution >= 0.6 is 11.6 Å². The lowest BCUT2D eigenvalue weighted by molar-refractivity contribution is -0.137. The lowest BCUT2D eigenvalue weighted by atomic mass is 10.0. The Balaban J connectivity index is 1.92. The van der Waals surface area contributed by atoms with Gasteiger partial charge in [0.05, 0.1) is 12.6 Å². The van der Waals surface area contributed by atoms with Crippen molar-refractivity contribution in [3.63, 3.8) is 0 Å². The van der Waals surface area contributed by atoms with E-state index < -0.39 is 5.97 Å². The van der Waals surface area contributed by atoms with Crippen molar-refractivity contribution < 1.29 is 19.4 Å². The zero-order valence-electron chi connectivity index (χ0n) is 12.1. The van der Waals surface area contributed by atoms with E-state index in [1.54, 1.807) is 12.1 Å². The van der Waals surface area contributed by atoms with Crippen molar-refractivity contribution in [1.82, 2.24) is 10.6 Å². The standard InChI is InChI=1S/C15H19ClN2O4/c16-10-5-6-11-12(3-2-8-22-13(11)9-10)18-15(21)17-7-1-4-14(19)20/h5-6,9,12H,1-4,7-8H2,(H,19,20)(H2,17,18,21). The minimum absolute atomic E-state index is 0.0406. The monoisotopic (exact) mass is 326 g/mol. The minimum Gasteiger partial charge on any atom is -0.493 e. The van der Waals surface area contributed by atoms with Crippen LogP contribution in [-0.2, 0) is 4.79 Å². The van der Waals surface area contributed by atoms with Crippen LogP contribution in [0.2, 0.25) is 5.02 Å². The van der Waals surface area contributed by atoms with Crippen molar-refractivity contribution in [3.8, 4) is 5.75 Å². The molecular formula is C15H19ClN2O4. The number of aliphatic carboxylic acids is 1. The molecule has 0 fully saturated rings. The van der Waals surface area contributed by atoms with E-state index in [1.165, 1.54) is 0 Å². The third-order valence-corrected chi connectivity index (χ3v) is 3.64. The molecule has 0 saturated heterocycles. The van der Waals surface area contributed by atoms with Gasteiger partial charge in [0, 0.05) is 23.6 Å². The highest BCUT2D eigenvalue weighted by molar-refractivity contribution is 6.30. The maximum Gasteiger partial charge on any atom is 0.315 e. The fourth-order valence-corrected chi connectivity index (χ4v) is 2.51. The highest BCUT2D eigenvalue weighted by atomic mass is 35.5. The lowest BCUT2D eigenvalue weighted by Crippen LogP contribution is -2.38. The van der Waals surface area contributed by atoms with Crippen LogP contribution < -0.4 is 15.4 Å². The first-order valence-corrected chi connectivity index (χ1v) is 7.62. The number of ether oxygens (including phenoxy) is 1. The van der Waals surface area contributed by atoms with Gasteiger partial charge in [-0.2, -0.15) is 0 Å². The highest BCUT2D eigenvalue weighted by Gasteiger charge is 2.21. The average molecular weight is 327 g/mol. The summed E-state index contributed by atoms with van der Waals surface area (Å²) < 4.78 is 5.64. The summed E-state index contributed by atoms with van der Waals surface area (Å²) in [5.41, 5.74) is 0.905. The van der Waals surface area contributed by atoms with Gasteiger partial charge in [-0.15, -0.1) is 0 Å². The highest BCUT2D eigenvalue weighted by Crippen LogP contribution is 2.33. The molecule has 0 bridgehead atoms. The van der Waals surface area contributed by atoms with Crippen molar-refractivity contribution in [2.45, 2.75) is 31.7 Å². The van der Waals surface area contributed by atoms with Gasteiger partial charge in [0.2, 0.25) is 0 Å². The summed E-state index contributed by atoms with van der Waals surface area (Å²) in [6.45, 7) is 0.917. The predicted octanol–water partition coefficient (Wildman–Crippen LogP) is 2.72. The largest absolute Gasteiger partial charge is 0.493 e. The number of hydrogen-bond acceptors (Lipinski definition) is 3. The number of halogens is 1. The Kier molecular flexibility index (Phi) is 5.89. The first-order chi connectivity index (χ1) is 10.6. The molecule has 0 spiro atoms. The third kappa shape index (κ3) is 4.80. The first kappa shape index (κ1) is 16.4. The van der Waals surface area contributed by atoms with Crippen LogP contribution in [0, 0.1) is 0 Å². The van der Waals surface area contributed by atoms with E-state index in [-0.39, 0.29) is 18.5 Å². The number of amides is 2. The molecule has 2 amide bonds. The second-order valence-corrected chi connectivity index (χ2v) is 5.56. The number of carbonyl (C=O) groups is 2. The average Bonchev–Trinajstić information content (AvgIpc) is 2.65. The van der Waals surface area contributed by atoms with Crippen LogP contribution in [0.1, 0.15) is 37.3 Å². The number of carbonyl (C=O) groups excluding carboxylic acids is 1. The zero-order valence-corrected chi connectivity index (χ0v) is 12.9. The third-order valence-electron chi connectivity index (χ3n) is 3.40. The minimum atomic E-state index is -0.867. The Hall–Kier alpha value is -1.95. The Morgan fingerprint density at radius 2 is 2.23 bits per heavy atom. The molecule has 0 saturated carbocycles. The number of carboxylic acids is 1. The molecule has 7 heteroatoms. The SMILES string of the molecule is O=C(O)CCCNC(=O)NC1CCCOc2cc(Cl)ccc21. The van der Waals surface area contributed by atoms with E-state index in [4.69, 9.17) is 21.4 Å². The van der Waals surface area contributed by atoms with E-state index in [0.29, 0.717) is 30.3 Å². The van der Waals surface area contributed by atoms with Crippen LogP contribution in [0.3, 0.4) is 0 Å². The second kappa shape index (κ2) is 7.89. The quantitative estimate of drug-likeness (QED) is 0.726. The first-order valence-electron chi connectivity index (χ1n) is 7.24. The van der Waals surface area contributed by atoms with Gasteiger partial charge >= 0.3 is 12.0 Å². The number of rotatable bonds is 5. The van der Waals surface area contributed by atoms with Gasteiger partial charge in [0.15, 0.2) is 0 Å². The second-order valence-electron chi connectivity index (χ2n) is 5.12. The van der Waals surface area contributed by atoms with Gasteiger partial charge in [-0.25, -0.2) is 4.79 Å². The van der Waals surface area contributed by atoms with Gasteiger partial charge < -0.3 is 20.5 Å². The van der Waals surface area contributed by atoms with Crippen molar-refractivity contribution in [1.29, 1.82) is 0 Å². The Labute approximate surface area is 133 Å². The van der Waals surface area contributed by atoms with Gasteiger partial charge in [-0.1, -0.05) is 17.7 Å². The van der Waals surface area contributed by atoms with Gasteiger partial charge in [-0.3, -0.25) is 4.79 Å². The van der Waals surface area contributed by atoms with Gasteiger partial charge in [0.25, 0.3) is 0 Å². The molecule has 0 aromatic heterocycles. The van der Waals surface area contributed by atoms with Crippen LogP contribution in [0.5, 0.6) is 5.75 Å². The summed E-state index contributed by atoms with van der Waals surface area (Å²) in [7, 11) is 0. The maximum absolute atomic E-state index is 11.9. The topological polar surface area (TPSA) is 87.7 Å². The molecule has 1 aliphatic heterocycles. The van der Waals surface area contributed by atoms with Crippen LogP contribution in [0.25, 0.3) is 0 Å². The summed E-state index contributed by atoms with van der Waals surface area (Å²) in [4.78, 5) is 22.3. The lowest BCUT2D eigenvalue weighted by Gasteiger charge is -2.19. The Bertz CT molecular complexity index is 550. The number of hydrogen-bond donors (Lipinski definition) is 3. The zero-order chi connectivity index (χ0) is 15.9. The predicted molar refractivity (Wildman–Crippen MR) is 82.3 cm³/mol. The van der Waals surface area contributed by atoms with E-state index in [9.17, 15) is 9.59 Å². The summed E-state index contributed by atoms with van der Waals surface area (Å²) in [6.07, 6.45) is 2.05. The molecule has 1 unspecified atom stereocenters. The number of nitrogens with one attached hydrogen (secondary N) is 2. The number of urea groups is 1. The van der Waals surface area contributed by atoms with Crippen LogP contribution in [0.15, 0.2) is 18.2 Å². The maximum atomic E-state index is 11.9. The Morgan fingerprint density at radius 3 is 3.00 bits per heavy atom. The van der Waals surface area contributed by atoms with Crippen molar-refractivity contribution in [3.05, 3.63) is 28.8 Å². The van der Waals surface area contributed by atoms with Crippen LogP contribution in [-0.4, -0.2) is 30.3 Å². The van der Waals surface area contributed by atoms with E-state index >= 15 is 0 Å². The molecule has 2 rings (SSSR count). The number of benzene rings is 1. The smallest absolute Gasteiger partial charge is 0.315 e. The van der Waals surface area contributed by atoms with E-state index in [1.807, 2.05) is 6.07 Å². The van der Waals surface area contributed by atoms with E-state index in [0.717, 1.165) is 18.4 Å². The molecular weight excluding hydrogens is 308 g/mol. The molecule has 1 atom stereocenters. The summed E-state index contributed by atoms with van der Waals surface area (Å²) in [5.74, 6) is -0.171. The molecule has 0 radical (unpaired) electrons. The molecule has 1 heterocycles. The fraction of sp³-hybridized carbons (Fsp3) is 0.467. The molecule has 6 nitrogen and oxygen atoms in total. The molecule has 3 N–H and O–H groups in total.